The highest BCUT2D eigenvalue weighted by molar-refractivity contribution is 7.79. The van der Waals surface area contributed by atoms with Crippen molar-refractivity contribution in [1.82, 2.24) is 0 Å². The van der Waals surface area contributed by atoms with Gasteiger partial charge in [0.25, 0.3) is 11.6 Å². The van der Waals surface area contributed by atoms with Crippen LogP contribution in [-0.2, 0) is 15.2 Å². The largest absolute Gasteiger partial charge is 0.726 e. The van der Waals surface area contributed by atoms with Gasteiger partial charge in [-0.15, -0.1) is 0 Å². The zero-order chi connectivity index (χ0) is 14.4. The SMILES string of the molecule is CC#[N+]C1(C)CCC(C(C)=O)CC1.O=S(=O)([O-])O. The van der Waals surface area contributed by atoms with E-state index < -0.39 is 10.4 Å². The summed E-state index contributed by atoms with van der Waals surface area (Å²) in [6.45, 7) is 5.69. The Hall–Kier alpha value is -0.970. The maximum absolute atomic E-state index is 11.1. The van der Waals surface area contributed by atoms with Crippen molar-refractivity contribution in [2.45, 2.75) is 52.0 Å². The first-order chi connectivity index (χ1) is 8.07. The third-order valence-electron chi connectivity index (χ3n) is 3.02. The third-order valence-corrected chi connectivity index (χ3v) is 3.02. The molecule has 0 bridgehead atoms. The van der Waals surface area contributed by atoms with Crippen LogP contribution in [0.4, 0.5) is 0 Å². The summed E-state index contributed by atoms with van der Waals surface area (Å²) in [6.07, 6.45) is 4.05. The molecule has 1 aliphatic carbocycles. The van der Waals surface area contributed by atoms with Crippen LogP contribution in [0.3, 0.4) is 0 Å². The lowest BCUT2D eigenvalue weighted by atomic mass is 9.77. The molecule has 1 aliphatic rings. The van der Waals surface area contributed by atoms with E-state index in [1.54, 1.807) is 6.92 Å². The molecule has 18 heavy (non-hydrogen) atoms. The summed E-state index contributed by atoms with van der Waals surface area (Å²) in [4.78, 5) is 15.5. The molecule has 0 unspecified atom stereocenters. The summed E-state index contributed by atoms with van der Waals surface area (Å²) >= 11 is 0. The number of Topliss-reactive ketones (excluding diaryl/α,β-unsaturated/α-hetero) is 1. The molecule has 0 heterocycles. The summed E-state index contributed by atoms with van der Waals surface area (Å²) < 4.78 is 32.8. The van der Waals surface area contributed by atoms with E-state index in [0.717, 1.165) is 25.7 Å². The van der Waals surface area contributed by atoms with Crippen LogP contribution >= 0.6 is 0 Å². The van der Waals surface area contributed by atoms with Crippen molar-refractivity contribution in [2.24, 2.45) is 5.92 Å². The van der Waals surface area contributed by atoms with Crippen molar-refractivity contribution < 1.29 is 22.3 Å². The molecule has 1 rings (SSSR count). The highest BCUT2D eigenvalue weighted by Crippen LogP contribution is 2.35. The monoisotopic (exact) mass is 277 g/mol. The van der Waals surface area contributed by atoms with Crippen molar-refractivity contribution in [2.75, 3.05) is 0 Å². The molecular weight excluding hydrogens is 258 g/mol. The molecule has 1 fully saturated rings. The second kappa shape index (κ2) is 6.83. The van der Waals surface area contributed by atoms with E-state index in [0.29, 0.717) is 11.7 Å². The van der Waals surface area contributed by atoms with Gasteiger partial charge < -0.3 is 4.55 Å². The molecule has 6 nitrogen and oxygen atoms in total. The zero-order valence-electron chi connectivity index (χ0n) is 10.8. The Morgan fingerprint density at radius 3 is 2.11 bits per heavy atom. The van der Waals surface area contributed by atoms with E-state index >= 15 is 0 Å². The first kappa shape index (κ1) is 17.0. The van der Waals surface area contributed by atoms with E-state index in [1.807, 2.05) is 6.92 Å². The molecule has 0 spiro atoms. The van der Waals surface area contributed by atoms with Gasteiger partial charge in [0.2, 0.25) is 10.4 Å². The van der Waals surface area contributed by atoms with E-state index in [9.17, 15) is 4.79 Å². The minimum absolute atomic E-state index is 0.0562. The molecule has 0 aromatic carbocycles. The van der Waals surface area contributed by atoms with Gasteiger partial charge in [-0.05, 0) is 19.8 Å². The Labute approximate surface area is 108 Å². The minimum atomic E-state index is -4.92. The lowest BCUT2D eigenvalue weighted by molar-refractivity contribution is -0.121. The topological polar surface area (TPSA) is 98.9 Å². The normalized spacial score (nSPS) is 27.3. The number of hydrogen-bond donors (Lipinski definition) is 1. The second-order valence-electron chi connectivity index (χ2n) is 4.65. The molecule has 7 heteroatoms. The molecule has 0 aromatic rings. The number of nitrogens with zero attached hydrogens (tertiary/aromatic N) is 1. The van der Waals surface area contributed by atoms with Crippen LogP contribution in [0.1, 0.15) is 46.5 Å². The van der Waals surface area contributed by atoms with Gasteiger partial charge in [0, 0.05) is 25.7 Å². The first-order valence-corrected chi connectivity index (χ1v) is 7.01. The van der Waals surface area contributed by atoms with Crippen LogP contribution < -0.4 is 0 Å². The Balaban J connectivity index is 0.000000494. The maximum Gasteiger partial charge on any atom is 0.278 e. The quantitative estimate of drug-likeness (QED) is 0.582. The fourth-order valence-electron chi connectivity index (χ4n) is 2.03. The summed E-state index contributed by atoms with van der Waals surface area (Å²) in [5, 5.41) is 0. The average molecular weight is 277 g/mol. The molecular formula is C11H19NO5S. The Morgan fingerprint density at radius 1 is 1.44 bits per heavy atom. The molecule has 0 saturated heterocycles. The smallest absolute Gasteiger partial charge is 0.278 e. The fourth-order valence-corrected chi connectivity index (χ4v) is 2.03. The number of rotatable bonds is 1. The van der Waals surface area contributed by atoms with Gasteiger partial charge in [0.15, 0.2) is 0 Å². The lowest BCUT2D eigenvalue weighted by Crippen LogP contribution is -2.29. The van der Waals surface area contributed by atoms with E-state index in [-0.39, 0.29) is 5.54 Å². The highest BCUT2D eigenvalue weighted by Gasteiger charge is 2.40. The predicted octanol–water partition coefficient (Wildman–Crippen LogP) is 1.88. The molecule has 104 valence electrons. The molecule has 1 N–H and O–H groups in total. The minimum Gasteiger partial charge on any atom is -0.726 e. The Morgan fingerprint density at radius 2 is 1.83 bits per heavy atom. The predicted molar refractivity (Wildman–Crippen MR) is 66.3 cm³/mol. The lowest BCUT2D eigenvalue weighted by Gasteiger charge is -2.24. The van der Waals surface area contributed by atoms with Crippen LogP contribution in [0.2, 0.25) is 0 Å². The molecule has 0 amide bonds. The number of ketones is 1. The standard InChI is InChI=1S/C11H18NO.H2O4S/c1-4-12-11(3)7-5-10(6-8-11)9(2)13;1-5(2,3)4/h10H,5-8H2,1-3H3;(H2,1,2,3,4)/q+1;/p-1. The maximum atomic E-state index is 11.1. The van der Waals surface area contributed by atoms with Gasteiger partial charge in [-0.2, -0.15) is 0 Å². The summed E-state index contributed by atoms with van der Waals surface area (Å²) in [6, 6.07) is 2.86. The van der Waals surface area contributed by atoms with Crippen molar-refractivity contribution in [1.29, 1.82) is 0 Å². The zero-order valence-corrected chi connectivity index (χ0v) is 11.7. The van der Waals surface area contributed by atoms with Gasteiger partial charge in [0.1, 0.15) is 5.78 Å². The van der Waals surface area contributed by atoms with Gasteiger partial charge >= 0.3 is 0 Å². The van der Waals surface area contributed by atoms with Crippen LogP contribution in [0.25, 0.3) is 4.85 Å². The molecule has 0 radical (unpaired) electrons. The second-order valence-corrected chi connectivity index (χ2v) is 5.50. The average Bonchev–Trinajstić information content (AvgIpc) is 2.15. The van der Waals surface area contributed by atoms with Gasteiger partial charge in [-0.3, -0.25) is 9.35 Å². The number of carbonyl (C=O) groups is 1. The molecule has 0 aliphatic heterocycles. The van der Waals surface area contributed by atoms with Crippen LogP contribution in [0.5, 0.6) is 0 Å². The van der Waals surface area contributed by atoms with Crippen LogP contribution in [0.15, 0.2) is 0 Å². The summed E-state index contributed by atoms with van der Waals surface area (Å²) in [5.74, 6) is 0.631. The van der Waals surface area contributed by atoms with E-state index in [1.165, 1.54) is 0 Å². The van der Waals surface area contributed by atoms with Crippen molar-refractivity contribution in [3.63, 3.8) is 0 Å². The van der Waals surface area contributed by atoms with Crippen LogP contribution in [0, 0.1) is 12.0 Å². The van der Waals surface area contributed by atoms with Gasteiger partial charge in [-0.1, -0.05) is 4.85 Å². The number of carbonyl (C=O) groups excluding carboxylic acids is 1. The fraction of sp³-hybridized carbons (Fsp3) is 0.818. The first-order valence-electron chi connectivity index (χ1n) is 5.65. The van der Waals surface area contributed by atoms with Gasteiger partial charge in [0.05, 0.1) is 6.92 Å². The van der Waals surface area contributed by atoms with Crippen molar-refractivity contribution in [3.8, 4) is 6.07 Å². The summed E-state index contributed by atoms with van der Waals surface area (Å²) in [7, 11) is -4.92. The van der Waals surface area contributed by atoms with Crippen molar-refractivity contribution >= 4 is 16.2 Å². The van der Waals surface area contributed by atoms with Crippen LogP contribution in [-0.4, -0.2) is 28.8 Å². The molecule has 0 atom stereocenters. The third kappa shape index (κ3) is 8.17. The Bertz CT molecular complexity index is 430. The highest BCUT2D eigenvalue weighted by atomic mass is 32.3. The van der Waals surface area contributed by atoms with Crippen molar-refractivity contribution in [3.05, 3.63) is 4.85 Å². The number of hydrogen-bond acceptors (Lipinski definition) is 4. The summed E-state index contributed by atoms with van der Waals surface area (Å²) in [5.41, 5.74) is 0.0562. The van der Waals surface area contributed by atoms with E-state index in [2.05, 4.69) is 17.8 Å². The van der Waals surface area contributed by atoms with Gasteiger partial charge in [-0.25, -0.2) is 8.42 Å². The molecule has 0 aromatic heterocycles. The molecule has 1 saturated carbocycles. The van der Waals surface area contributed by atoms with E-state index in [4.69, 9.17) is 17.5 Å². The Kier molecular flexibility index (Phi) is 6.46.